The van der Waals surface area contributed by atoms with Gasteiger partial charge in [-0.3, -0.25) is 0 Å². The first-order valence-corrected chi connectivity index (χ1v) is 5.69. The summed E-state index contributed by atoms with van der Waals surface area (Å²) in [6, 6.07) is 19.1. The highest BCUT2D eigenvalue weighted by Crippen LogP contribution is 2.27. The summed E-state index contributed by atoms with van der Waals surface area (Å²) in [6.45, 7) is 0. The zero-order valence-corrected chi connectivity index (χ0v) is 10.1. The second-order valence-electron chi connectivity index (χ2n) is 3.82. The van der Waals surface area contributed by atoms with E-state index in [9.17, 15) is 5.26 Å². The van der Waals surface area contributed by atoms with E-state index in [4.69, 9.17) is 4.74 Å². The highest BCUT2D eigenvalue weighted by Gasteiger charge is 2.11. The summed E-state index contributed by atoms with van der Waals surface area (Å²) in [5.41, 5.74) is 1.75. The third-order valence-electron chi connectivity index (χ3n) is 2.67. The third kappa shape index (κ3) is 2.61. The number of methoxy groups -OCH3 is 1. The molecular formula is C15H14N2O. The van der Waals surface area contributed by atoms with Crippen LogP contribution in [0.25, 0.3) is 0 Å². The van der Waals surface area contributed by atoms with Gasteiger partial charge in [-0.25, -0.2) is 0 Å². The number of hydrogen-bond acceptors (Lipinski definition) is 3. The van der Waals surface area contributed by atoms with Crippen LogP contribution in [0, 0.1) is 11.3 Å². The lowest BCUT2D eigenvalue weighted by Gasteiger charge is -2.15. The summed E-state index contributed by atoms with van der Waals surface area (Å²) in [6.07, 6.45) is 0. The van der Waals surface area contributed by atoms with Crippen molar-refractivity contribution in [1.29, 1.82) is 5.26 Å². The molecule has 0 saturated carbocycles. The summed E-state index contributed by atoms with van der Waals surface area (Å²) in [5, 5.41) is 12.4. The largest absolute Gasteiger partial charge is 0.495 e. The number of anilines is 1. The van der Waals surface area contributed by atoms with E-state index in [-0.39, 0.29) is 6.04 Å². The smallest absolute Gasteiger partial charge is 0.141 e. The van der Waals surface area contributed by atoms with Crippen LogP contribution in [-0.2, 0) is 0 Å². The van der Waals surface area contributed by atoms with Gasteiger partial charge in [0.25, 0.3) is 0 Å². The average molecular weight is 238 g/mol. The van der Waals surface area contributed by atoms with Gasteiger partial charge in [0.15, 0.2) is 0 Å². The Morgan fingerprint density at radius 1 is 1.06 bits per heavy atom. The molecule has 0 spiro atoms. The van der Waals surface area contributed by atoms with Crippen LogP contribution in [-0.4, -0.2) is 7.11 Å². The molecule has 3 nitrogen and oxygen atoms in total. The van der Waals surface area contributed by atoms with Gasteiger partial charge in [0.05, 0.1) is 18.9 Å². The number of ether oxygens (including phenoxy) is 1. The molecule has 0 heterocycles. The molecule has 2 aromatic carbocycles. The van der Waals surface area contributed by atoms with Crippen molar-refractivity contribution in [2.75, 3.05) is 12.4 Å². The summed E-state index contributed by atoms with van der Waals surface area (Å²) in [4.78, 5) is 0. The lowest BCUT2D eigenvalue weighted by atomic mass is 10.1. The predicted octanol–water partition coefficient (Wildman–Crippen LogP) is 3.37. The molecule has 0 aliphatic carbocycles. The highest BCUT2D eigenvalue weighted by molar-refractivity contribution is 5.58. The minimum Gasteiger partial charge on any atom is -0.495 e. The Balaban J connectivity index is 2.24. The molecule has 0 radical (unpaired) electrons. The van der Waals surface area contributed by atoms with Crippen molar-refractivity contribution in [3.8, 4) is 11.8 Å². The first-order chi connectivity index (χ1) is 8.85. The van der Waals surface area contributed by atoms with Gasteiger partial charge in [-0.1, -0.05) is 42.5 Å². The Morgan fingerprint density at radius 2 is 1.72 bits per heavy atom. The lowest BCUT2D eigenvalue weighted by Crippen LogP contribution is -2.09. The van der Waals surface area contributed by atoms with E-state index in [1.807, 2.05) is 54.6 Å². The lowest BCUT2D eigenvalue weighted by molar-refractivity contribution is 0.416. The minimum absolute atomic E-state index is 0.387. The molecular weight excluding hydrogens is 224 g/mol. The molecule has 2 rings (SSSR count). The van der Waals surface area contributed by atoms with Crippen molar-refractivity contribution >= 4 is 5.69 Å². The zero-order valence-electron chi connectivity index (χ0n) is 10.1. The summed E-state index contributed by atoms with van der Waals surface area (Å²) in [7, 11) is 1.62. The fourth-order valence-electron chi connectivity index (χ4n) is 1.76. The molecule has 0 aliphatic heterocycles. The maximum absolute atomic E-state index is 9.25. The van der Waals surface area contributed by atoms with Crippen molar-refractivity contribution in [3.05, 3.63) is 60.2 Å². The molecule has 0 saturated heterocycles. The van der Waals surface area contributed by atoms with E-state index >= 15 is 0 Å². The van der Waals surface area contributed by atoms with Crippen LogP contribution in [0.5, 0.6) is 5.75 Å². The number of nitrogens with zero attached hydrogens (tertiary/aromatic N) is 1. The van der Waals surface area contributed by atoms with Crippen LogP contribution in [0.2, 0.25) is 0 Å². The number of nitrogens with one attached hydrogen (secondary N) is 1. The normalized spacial score (nSPS) is 11.3. The van der Waals surface area contributed by atoms with Crippen LogP contribution in [0.15, 0.2) is 54.6 Å². The van der Waals surface area contributed by atoms with Crippen molar-refractivity contribution in [3.63, 3.8) is 0 Å². The Morgan fingerprint density at radius 3 is 2.39 bits per heavy atom. The molecule has 1 atom stereocenters. The van der Waals surface area contributed by atoms with E-state index in [2.05, 4.69) is 11.4 Å². The number of nitriles is 1. The molecule has 2 aromatic rings. The van der Waals surface area contributed by atoms with Gasteiger partial charge >= 0.3 is 0 Å². The molecule has 0 amide bonds. The van der Waals surface area contributed by atoms with Crippen LogP contribution < -0.4 is 10.1 Å². The topological polar surface area (TPSA) is 45.0 Å². The number of benzene rings is 2. The van der Waals surface area contributed by atoms with Crippen LogP contribution >= 0.6 is 0 Å². The second-order valence-corrected chi connectivity index (χ2v) is 3.82. The first kappa shape index (κ1) is 12.0. The Hall–Kier alpha value is -2.47. The van der Waals surface area contributed by atoms with Crippen LogP contribution in [0.1, 0.15) is 11.6 Å². The van der Waals surface area contributed by atoms with Gasteiger partial charge in [0, 0.05) is 0 Å². The van der Waals surface area contributed by atoms with Crippen molar-refractivity contribution in [2.45, 2.75) is 6.04 Å². The van der Waals surface area contributed by atoms with Gasteiger partial charge in [-0.2, -0.15) is 5.26 Å². The van der Waals surface area contributed by atoms with Crippen molar-refractivity contribution in [2.24, 2.45) is 0 Å². The van der Waals surface area contributed by atoms with Crippen molar-refractivity contribution in [1.82, 2.24) is 0 Å². The molecule has 0 fully saturated rings. The predicted molar refractivity (Wildman–Crippen MR) is 71.4 cm³/mol. The summed E-state index contributed by atoms with van der Waals surface area (Å²) >= 11 is 0. The van der Waals surface area contributed by atoms with Gasteiger partial charge in [-0.15, -0.1) is 0 Å². The van der Waals surface area contributed by atoms with Crippen LogP contribution in [0.4, 0.5) is 5.69 Å². The standard InChI is InChI=1S/C15H14N2O/c1-18-15-10-6-5-9-13(15)17-14(11-16)12-7-3-2-4-8-12/h2-10,14,17H,1H3. The Labute approximate surface area is 107 Å². The fraction of sp³-hybridized carbons (Fsp3) is 0.133. The molecule has 90 valence electrons. The van der Waals surface area contributed by atoms with E-state index < -0.39 is 0 Å². The maximum Gasteiger partial charge on any atom is 0.141 e. The zero-order chi connectivity index (χ0) is 12.8. The average Bonchev–Trinajstić information content (AvgIpc) is 2.46. The fourth-order valence-corrected chi connectivity index (χ4v) is 1.76. The molecule has 0 aliphatic rings. The quantitative estimate of drug-likeness (QED) is 0.888. The highest BCUT2D eigenvalue weighted by atomic mass is 16.5. The molecule has 18 heavy (non-hydrogen) atoms. The van der Waals surface area contributed by atoms with E-state index in [0.717, 1.165) is 17.0 Å². The monoisotopic (exact) mass is 238 g/mol. The SMILES string of the molecule is COc1ccccc1NC(C#N)c1ccccc1. The minimum atomic E-state index is -0.387. The van der Waals surface area contributed by atoms with Gasteiger partial charge in [0.1, 0.15) is 11.8 Å². The van der Waals surface area contributed by atoms with Gasteiger partial charge in [-0.05, 0) is 17.7 Å². The third-order valence-corrected chi connectivity index (χ3v) is 2.67. The van der Waals surface area contributed by atoms with E-state index in [1.54, 1.807) is 7.11 Å². The Bertz CT molecular complexity index is 546. The molecule has 3 heteroatoms. The van der Waals surface area contributed by atoms with E-state index in [1.165, 1.54) is 0 Å². The summed E-state index contributed by atoms with van der Waals surface area (Å²) < 4.78 is 5.25. The first-order valence-electron chi connectivity index (χ1n) is 5.69. The maximum atomic E-state index is 9.25. The molecule has 0 bridgehead atoms. The number of hydrogen-bond donors (Lipinski definition) is 1. The molecule has 0 aromatic heterocycles. The number of para-hydroxylation sites is 2. The second kappa shape index (κ2) is 5.74. The Kier molecular flexibility index (Phi) is 3.83. The van der Waals surface area contributed by atoms with Crippen LogP contribution in [0.3, 0.4) is 0 Å². The molecule has 1 N–H and O–H groups in total. The van der Waals surface area contributed by atoms with Gasteiger partial charge < -0.3 is 10.1 Å². The van der Waals surface area contributed by atoms with Gasteiger partial charge in [0.2, 0.25) is 0 Å². The van der Waals surface area contributed by atoms with Crippen molar-refractivity contribution < 1.29 is 4.74 Å². The van der Waals surface area contributed by atoms with E-state index in [0.29, 0.717) is 0 Å². The number of rotatable bonds is 4. The summed E-state index contributed by atoms with van der Waals surface area (Å²) in [5.74, 6) is 0.730. The molecule has 1 unspecified atom stereocenters.